The lowest BCUT2D eigenvalue weighted by Gasteiger charge is -2.36. The fourth-order valence-electron chi connectivity index (χ4n) is 3.28. The van der Waals surface area contributed by atoms with Crippen LogP contribution in [0.4, 0.5) is 4.79 Å². The summed E-state index contributed by atoms with van der Waals surface area (Å²) in [5.41, 5.74) is 11.2. The van der Waals surface area contributed by atoms with E-state index >= 15 is 0 Å². The van der Waals surface area contributed by atoms with Crippen LogP contribution < -0.4 is 5.73 Å². The first kappa shape index (κ1) is 20.8. The Hall–Kier alpha value is -1.96. The van der Waals surface area contributed by atoms with Crippen molar-refractivity contribution in [2.75, 3.05) is 32.7 Å². The Balaban J connectivity index is 1.51. The molecule has 152 valence electrons. The largest absolute Gasteiger partial charge is 0.444 e. The lowest BCUT2D eigenvalue weighted by Crippen LogP contribution is -2.51. The zero-order chi connectivity index (χ0) is 20.3. The Bertz CT molecular complexity index is 789. The van der Waals surface area contributed by atoms with Crippen molar-refractivity contribution in [2.24, 2.45) is 5.73 Å². The van der Waals surface area contributed by atoms with Crippen molar-refractivity contribution in [3.8, 4) is 10.4 Å². The minimum atomic E-state index is -0.458. The van der Waals surface area contributed by atoms with Gasteiger partial charge in [0, 0.05) is 38.8 Å². The molecule has 1 aliphatic heterocycles. The molecule has 0 spiro atoms. The van der Waals surface area contributed by atoms with Gasteiger partial charge in [-0.3, -0.25) is 4.90 Å². The van der Waals surface area contributed by atoms with Crippen molar-refractivity contribution >= 4 is 17.4 Å². The van der Waals surface area contributed by atoms with Gasteiger partial charge in [0.25, 0.3) is 0 Å². The molecule has 1 aromatic heterocycles. The average Bonchev–Trinajstić information content (AvgIpc) is 3.07. The van der Waals surface area contributed by atoms with Crippen LogP contribution in [0, 0.1) is 6.92 Å². The van der Waals surface area contributed by atoms with Crippen molar-refractivity contribution in [1.82, 2.24) is 14.8 Å². The van der Waals surface area contributed by atoms with Gasteiger partial charge in [0.15, 0.2) is 0 Å². The van der Waals surface area contributed by atoms with Crippen LogP contribution in [0.25, 0.3) is 10.4 Å². The van der Waals surface area contributed by atoms with E-state index in [0.717, 1.165) is 30.9 Å². The fraction of sp³-hybridized carbons (Fsp3) is 0.524. The number of aromatic nitrogens is 1. The molecule has 1 atom stereocenters. The van der Waals surface area contributed by atoms with Gasteiger partial charge in [0.2, 0.25) is 0 Å². The van der Waals surface area contributed by atoms with E-state index in [4.69, 9.17) is 10.5 Å². The summed E-state index contributed by atoms with van der Waals surface area (Å²) in [7, 11) is 0. The highest BCUT2D eigenvalue weighted by molar-refractivity contribution is 7.13. The molecule has 2 aromatic rings. The van der Waals surface area contributed by atoms with Crippen LogP contribution >= 0.6 is 11.3 Å². The van der Waals surface area contributed by atoms with Crippen LogP contribution in [0.5, 0.6) is 0 Å². The molecular weight excluding hydrogens is 372 g/mol. The van der Waals surface area contributed by atoms with Crippen molar-refractivity contribution < 1.29 is 9.53 Å². The van der Waals surface area contributed by atoms with E-state index in [9.17, 15) is 4.79 Å². The van der Waals surface area contributed by atoms with E-state index in [1.807, 2.05) is 33.2 Å². The molecule has 0 unspecified atom stereocenters. The van der Waals surface area contributed by atoms with Gasteiger partial charge in [-0.2, -0.15) is 0 Å². The molecule has 0 saturated carbocycles. The normalized spacial score (nSPS) is 16.8. The molecule has 28 heavy (non-hydrogen) atoms. The maximum atomic E-state index is 12.2. The number of hydrogen-bond acceptors (Lipinski definition) is 6. The molecule has 1 aliphatic rings. The summed E-state index contributed by atoms with van der Waals surface area (Å²) >= 11 is 1.66. The first-order valence-electron chi connectivity index (χ1n) is 9.69. The number of thiazole rings is 1. The van der Waals surface area contributed by atoms with Gasteiger partial charge in [-0.15, -0.1) is 11.3 Å². The molecule has 6 nitrogen and oxygen atoms in total. The third-order valence-corrected chi connectivity index (χ3v) is 5.80. The first-order chi connectivity index (χ1) is 13.2. The van der Waals surface area contributed by atoms with E-state index in [-0.39, 0.29) is 12.1 Å². The molecule has 2 N–H and O–H groups in total. The summed E-state index contributed by atoms with van der Waals surface area (Å²) in [5, 5.41) is 0. The second-order valence-electron chi connectivity index (χ2n) is 8.26. The van der Waals surface area contributed by atoms with Gasteiger partial charge < -0.3 is 15.4 Å². The van der Waals surface area contributed by atoms with Crippen molar-refractivity contribution in [1.29, 1.82) is 0 Å². The Labute approximate surface area is 171 Å². The topological polar surface area (TPSA) is 71.7 Å². The molecule has 3 rings (SSSR count). The molecule has 1 aromatic carbocycles. The second-order valence-corrected chi connectivity index (χ2v) is 9.12. The number of piperazine rings is 1. The van der Waals surface area contributed by atoms with Crippen LogP contribution in [0.2, 0.25) is 0 Å². The molecule has 1 fully saturated rings. The number of nitrogens with zero attached hydrogens (tertiary/aromatic N) is 3. The molecular formula is C21H30N4O2S. The number of nitrogens with two attached hydrogens (primary N) is 1. The van der Waals surface area contributed by atoms with Crippen LogP contribution in [0.1, 0.15) is 38.1 Å². The van der Waals surface area contributed by atoms with Crippen molar-refractivity contribution in [3.05, 3.63) is 41.0 Å². The average molecular weight is 403 g/mol. The molecule has 0 radical (unpaired) electrons. The smallest absolute Gasteiger partial charge is 0.410 e. The number of ether oxygens (including phenoxy) is 1. The Kier molecular flexibility index (Phi) is 6.37. The molecule has 7 heteroatoms. The quantitative estimate of drug-likeness (QED) is 0.845. The molecule has 0 bridgehead atoms. The summed E-state index contributed by atoms with van der Waals surface area (Å²) in [6.45, 7) is 11.4. The van der Waals surface area contributed by atoms with Crippen LogP contribution in [-0.2, 0) is 4.74 Å². The van der Waals surface area contributed by atoms with E-state index < -0.39 is 5.60 Å². The number of benzene rings is 1. The minimum Gasteiger partial charge on any atom is -0.444 e. The van der Waals surface area contributed by atoms with Crippen LogP contribution in [0.3, 0.4) is 0 Å². The minimum absolute atomic E-state index is 0.0512. The zero-order valence-electron chi connectivity index (χ0n) is 17.1. The highest BCUT2D eigenvalue weighted by Gasteiger charge is 2.26. The first-order valence-corrected chi connectivity index (χ1v) is 10.6. The van der Waals surface area contributed by atoms with E-state index in [2.05, 4.69) is 34.1 Å². The highest BCUT2D eigenvalue weighted by atomic mass is 32.1. The van der Waals surface area contributed by atoms with E-state index in [1.165, 1.54) is 10.4 Å². The Morgan fingerprint density at radius 2 is 1.86 bits per heavy atom. The predicted octanol–water partition coefficient (Wildman–Crippen LogP) is 3.67. The number of amides is 1. The Morgan fingerprint density at radius 1 is 1.21 bits per heavy atom. The summed E-state index contributed by atoms with van der Waals surface area (Å²) in [6, 6.07) is 8.41. The predicted molar refractivity (Wildman–Crippen MR) is 113 cm³/mol. The maximum absolute atomic E-state index is 12.2. The van der Waals surface area contributed by atoms with Crippen molar-refractivity contribution in [3.63, 3.8) is 0 Å². The molecule has 0 aliphatic carbocycles. The molecule has 1 amide bonds. The SMILES string of the molecule is Cc1ncsc1-c1ccc([C@@H](N)CN2CCN(C(=O)OC(C)(C)C)CC2)cc1. The van der Waals surface area contributed by atoms with Gasteiger partial charge >= 0.3 is 6.09 Å². The standard InChI is InChI=1S/C21H30N4O2S/c1-15-19(28-14-23-15)17-7-5-16(6-8-17)18(22)13-24-9-11-25(12-10-24)20(26)27-21(2,3)4/h5-8,14,18H,9-13,22H2,1-4H3/t18-/m0/s1. The van der Waals surface area contributed by atoms with Gasteiger partial charge in [0.1, 0.15) is 5.60 Å². The van der Waals surface area contributed by atoms with Crippen molar-refractivity contribution in [2.45, 2.75) is 39.3 Å². The molecule has 1 saturated heterocycles. The van der Waals surface area contributed by atoms with Gasteiger partial charge in [-0.05, 0) is 38.8 Å². The lowest BCUT2D eigenvalue weighted by molar-refractivity contribution is 0.0141. The lowest BCUT2D eigenvalue weighted by atomic mass is 10.0. The maximum Gasteiger partial charge on any atom is 0.410 e. The number of carbonyl (C=O) groups is 1. The van der Waals surface area contributed by atoms with Gasteiger partial charge in [0.05, 0.1) is 16.1 Å². The van der Waals surface area contributed by atoms with E-state index in [1.54, 1.807) is 16.2 Å². The van der Waals surface area contributed by atoms with Gasteiger partial charge in [-0.25, -0.2) is 9.78 Å². The fourth-order valence-corrected chi connectivity index (χ4v) is 4.10. The number of carbonyl (C=O) groups excluding carboxylic acids is 1. The second kappa shape index (κ2) is 8.59. The summed E-state index contributed by atoms with van der Waals surface area (Å²) in [6.07, 6.45) is -0.231. The summed E-state index contributed by atoms with van der Waals surface area (Å²) in [4.78, 5) is 21.8. The summed E-state index contributed by atoms with van der Waals surface area (Å²) in [5.74, 6) is 0. The van der Waals surface area contributed by atoms with Gasteiger partial charge in [-0.1, -0.05) is 24.3 Å². The number of rotatable bonds is 4. The number of aryl methyl sites for hydroxylation is 1. The monoisotopic (exact) mass is 402 g/mol. The highest BCUT2D eigenvalue weighted by Crippen LogP contribution is 2.28. The Morgan fingerprint density at radius 3 is 2.39 bits per heavy atom. The molecule has 2 heterocycles. The van der Waals surface area contributed by atoms with Crippen LogP contribution in [0.15, 0.2) is 29.8 Å². The van der Waals surface area contributed by atoms with E-state index in [0.29, 0.717) is 13.1 Å². The summed E-state index contributed by atoms with van der Waals surface area (Å²) < 4.78 is 5.45. The zero-order valence-corrected chi connectivity index (χ0v) is 18.0. The third kappa shape index (κ3) is 5.31. The van der Waals surface area contributed by atoms with Crippen LogP contribution in [-0.4, -0.2) is 59.2 Å². The number of hydrogen-bond donors (Lipinski definition) is 1. The third-order valence-electron chi connectivity index (χ3n) is 4.83.